The van der Waals surface area contributed by atoms with Crippen molar-refractivity contribution < 1.29 is 14.3 Å². The largest absolute Gasteiger partial charge is 0.497 e. The normalized spacial score (nSPS) is 18.8. The van der Waals surface area contributed by atoms with Gasteiger partial charge in [0.1, 0.15) is 11.6 Å². The van der Waals surface area contributed by atoms with Crippen LogP contribution in [0, 0.1) is 0 Å². The highest BCUT2D eigenvalue weighted by atomic mass is 16.5. The number of hydrogen-bond donors (Lipinski definition) is 4. The first kappa shape index (κ1) is 19.9. The molecule has 1 aromatic carbocycles. The number of anilines is 3. The van der Waals surface area contributed by atoms with Crippen LogP contribution in [0.4, 0.5) is 17.5 Å². The molecule has 1 unspecified atom stereocenters. The van der Waals surface area contributed by atoms with Gasteiger partial charge in [-0.05, 0) is 37.1 Å². The fourth-order valence-electron chi connectivity index (χ4n) is 4.01. The van der Waals surface area contributed by atoms with Gasteiger partial charge in [0.15, 0.2) is 0 Å². The van der Waals surface area contributed by atoms with Crippen LogP contribution in [0.3, 0.4) is 0 Å². The number of nitrogens with zero attached hydrogens (tertiary/aromatic N) is 1. The molecular weight excluding hydrogens is 386 g/mol. The number of amides is 2. The van der Waals surface area contributed by atoms with Crippen LogP contribution in [0.2, 0.25) is 0 Å². The predicted octanol–water partition coefficient (Wildman–Crippen LogP) is 2.40. The van der Waals surface area contributed by atoms with Crippen molar-refractivity contribution in [3.05, 3.63) is 40.2 Å². The smallest absolute Gasteiger partial charge is 0.258 e. The highest BCUT2D eigenvalue weighted by molar-refractivity contribution is 6.00. The molecule has 1 aliphatic carbocycles. The van der Waals surface area contributed by atoms with Crippen LogP contribution in [0.25, 0.3) is 0 Å². The first-order chi connectivity index (χ1) is 14.5. The Morgan fingerprint density at radius 2 is 1.87 bits per heavy atom. The van der Waals surface area contributed by atoms with E-state index in [1.165, 1.54) is 6.42 Å². The molecule has 0 bridgehead atoms. The molecule has 4 N–H and O–H groups in total. The summed E-state index contributed by atoms with van der Waals surface area (Å²) in [4.78, 5) is 44.9. The van der Waals surface area contributed by atoms with Gasteiger partial charge in [-0.2, -0.15) is 4.98 Å². The van der Waals surface area contributed by atoms with E-state index in [2.05, 4.69) is 25.9 Å². The van der Waals surface area contributed by atoms with Crippen molar-refractivity contribution in [1.82, 2.24) is 15.3 Å². The monoisotopic (exact) mass is 411 g/mol. The average molecular weight is 411 g/mol. The van der Waals surface area contributed by atoms with Crippen LogP contribution in [0.1, 0.15) is 50.0 Å². The van der Waals surface area contributed by atoms with E-state index in [-0.39, 0.29) is 41.6 Å². The second-order valence-electron chi connectivity index (χ2n) is 7.68. The third-order valence-corrected chi connectivity index (χ3v) is 5.57. The van der Waals surface area contributed by atoms with Gasteiger partial charge in [0, 0.05) is 18.2 Å². The maximum atomic E-state index is 12.9. The molecule has 1 atom stereocenters. The van der Waals surface area contributed by atoms with Gasteiger partial charge < -0.3 is 20.7 Å². The number of methoxy groups -OCH3 is 1. The maximum absolute atomic E-state index is 12.9. The summed E-state index contributed by atoms with van der Waals surface area (Å²) in [7, 11) is 1.58. The molecule has 2 heterocycles. The number of fused-ring (bicyclic) bond motifs is 1. The van der Waals surface area contributed by atoms with E-state index in [9.17, 15) is 14.4 Å². The molecule has 0 radical (unpaired) electrons. The van der Waals surface area contributed by atoms with Gasteiger partial charge in [0.2, 0.25) is 17.8 Å². The number of benzene rings is 1. The van der Waals surface area contributed by atoms with E-state index in [1.54, 1.807) is 31.4 Å². The molecule has 30 heavy (non-hydrogen) atoms. The summed E-state index contributed by atoms with van der Waals surface area (Å²) >= 11 is 0. The molecule has 1 saturated carbocycles. The molecule has 1 aromatic heterocycles. The van der Waals surface area contributed by atoms with Crippen LogP contribution in [0.5, 0.6) is 5.75 Å². The highest BCUT2D eigenvalue weighted by Crippen LogP contribution is 2.30. The lowest BCUT2D eigenvalue weighted by molar-refractivity contribution is -0.127. The molecule has 9 nitrogen and oxygen atoms in total. The van der Waals surface area contributed by atoms with Gasteiger partial charge in [0.25, 0.3) is 5.56 Å². The molecule has 1 fully saturated rings. The van der Waals surface area contributed by atoms with Crippen LogP contribution in [0.15, 0.2) is 29.1 Å². The molecule has 158 valence electrons. The summed E-state index contributed by atoms with van der Waals surface area (Å²) in [6, 6.07) is 7.19. The molecule has 0 saturated heterocycles. The number of ether oxygens (including phenoxy) is 1. The fraction of sp³-hybridized carbons (Fsp3) is 0.429. The van der Waals surface area contributed by atoms with Crippen LogP contribution < -0.4 is 26.2 Å². The topological polar surface area (TPSA) is 125 Å². The molecule has 0 spiro atoms. The van der Waals surface area contributed by atoms with Crippen molar-refractivity contribution in [2.45, 2.75) is 50.5 Å². The number of carbonyl (C=O) groups is 2. The number of rotatable bonds is 5. The Labute approximate surface area is 173 Å². The second-order valence-corrected chi connectivity index (χ2v) is 7.68. The molecule has 9 heteroatoms. The van der Waals surface area contributed by atoms with Gasteiger partial charge in [-0.15, -0.1) is 0 Å². The summed E-state index contributed by atoms with van der Waals surface area (Å²) in [5.74, 6) is -0.471. The third-order valence-electron chi connectivity index (χ3n) is 5.57. The van der Waals surface area contributed by atoms with E-state index < -0.39 is 11.5 Å². The lowest BCUT2D eigenvalue weighted by Crippen LogP contribution is -2.43. The fourth-order valence-corrected chi connectivity index (χ4v) is 4.01. The van der Waals surface area contributed by atoms with E-state index in [4.69, 9.17) is 4.74 Å². The lowest BCUT2D eigenvalue weighted by Gasteiger charge is -2.27. The number of H-pyrrole nitrogens is 1. The van der Waals surface area contributed by atoms with Gasteiger partial charge in [-0.1, -0.05) is 19.3 Å². The van der Waals surface area contributed by atoms with Gasteiger partial charge in [-0.25, -0.2) is 0 Å². The summed E-state index contributed by atoms with van der Waals surface area (Å²) in [5.41, 5.74) is 0.440. The molecule has 4 rings (SSSR count). The van der Waals surface area contributed by atoms with E-state index in [0.29, 0.717) is 11.4 Å². The van der Waals surface area contributed by atoms with E-state index in [1.807, 2.05) is 0 Å². The van der Waals surface area contributed by atoms with Gasteiger partial charge >= 0.3 is 0 Å². The van der Waals surface area contributed by atoms with Crippen LogP contribution in [-0.4, -0.2) is 34.9 Å². The molecular formula is C21H25N5O4. The number of hydrogen-bond acceptors (Lipinski definition) is 6. The van der Waals surface area contributed by atoms with Crippen molar-refractivity contribution in [2.75, 3.05) is 17.7 Å². The number of aromatic amines is 1. The maximum Gasteiger partial charge on any atom is 0.258 e. The molecule has 2 amide bonds. The first-order valence-electron chi connectivity index (χ1n) is 10.2. The molecule has 1 aliphatic heterocycles. The average Bonchev–Trinajstić information content (AvgIpc) is 2.74. The second kappa shape index (κ2) is 8.56. The van der Waals surface area contributed by atoms with Crippen LogP contribution >= 0.6 is 0 Å². The van der Waals surface area contributed by atoms with Gasteiger partial charge in [-0.3, -0.25) is 19.4 Å². The zero-order valence-corrected chi connectivity index (χ0v) is 16.8. The van der Waals surface area contributed by atoms with Crippen molar-refractivity contribution in [3.8, 4) is 5.75 Å². The summed E-state index contributed by atoms with van der Waals surface area (Å²) in [6.45, 7) is 0. The summed E-state index contributed by atoms with van der Waals surface area (Å²) < 4.78 is 5.13. The van der Waals surface area contributed by atoms with Crippen molar-refractivity contribution in [2.24, 2.45) is 0 Å². The summed E-state index contributed by atoms with van der Waals surface area (Å²) in [5, 5.41) is 8.64. The number of carbonyl (C=O) groups excluding carboxylic acids is 2. The SMILES string of the molecule is COc1ccc(Nc2nc3c(c(=O)[nH]2)C(C(=O)NC2CCCCC2)CC(=O)N3)cc1. The number of nitrogens with one attached hydrogen (secondary N) is 4. The van der Waals surface area contributed by atoms with Gasteiger partial charge in [0.05, 0.1) is 18.6 Å². The summed E-state index contributed by atoms with van der Waals surface area (Å²) in [6.07, 6.45) is 5.12. The van der Waals surface area contributed by atoms with Crippen LogP contribution in [-0.2, 0) is 9.59 Å². The standard InChI is InChI=1S/C21H25N5O4/c1-30-14-9-7-13(8-10-14)23-21-25-18-17(20(29)26-21)15(11-16(27)24-18)19(28)22-12-5-3-2-4-6-12/h7-10,12,15H,2-6,11H2,1H3,(H,22,28)(H3,23,24,25,26,27,29). The van der Waals surface area contributed by atoms with E-state index >= 15 is 0 Å². The minimum Gasteiger partial charge on any atom is -0.497 e. The van der Waals surface area contributed by atoms with Crippen molar-refractivity contribution >= 4 is 29.3 Å². The Hall–Kier alpha value is -3.36. The first-order valence-corrected chi connectivity index (χ1v) is 10.2. The molecule has 2 aromatic rings. The zero-order chi connectivity index (χ0) is 21.1. The molecule has 2 aliphatic rings. The predicted molar refractivity (Wildman–Crippen MR) is 112 cm³/mol. The minimum atomic E-state index is -0.845. The Bertz CT molecular complexity index is 995. The lowest BCUT2D eigenvalue weighted by atomic mass is 9.90. The Morgan fingerprint density at radius 1 is 1.13 bits per heavy atom. The van der Waals surface area contributed by atoms with Crippen molar-refractivity contribution in [1.29, 1.82) is 0 Å². The van der Waals surface area contributed by atoms with E-state index in [0.717, 1.165) is 25.7 Å². The minimum absolute atomic E-state index is 0.0679. The third kappa shape index (κ3) is 4.29. The Balaban J connectivity index is 1.57. The Morgan fingerprint density at radius 3 is 2.57 bits per heavy atom. The van der Waals surface area contributed by atoms with Crippen molar-refractivity contribution in [3.63, 3.8) is 0 Å². The Kier molecular flexibility index (Phi) is 5.69. The highest BCUT2D eigenvalue weighted by Gasteiger charge is 2.35. The zero-order valence-electron chi connectivity index (χ0n) is 16.8. The quantitative estimate of drug-likeness (QED) is 0.599. The number of aromatic nitrogens is 2.